The number of allylic oxidation sites excluding steroid dienone is 4. The fourth-order valence-corrected chi connectivity index (χ4v) is 6.77. The van der Waals surface area contributed by atoms with Gasteiger partial charge >= 0.3 is 10.3 Å². The van der Waals surface area contributed by atoms with Crippen LogP contribution in [0.4, 0.5) is 0 Å². The zero-order valence-electron chi connectivity index (χ0n) is 34.3. The van der Waals surface area contributed by atoms with E-state index in [1.54, 1.807) is 0 Å². The van der Waals surface area contributed by atoms with Crippen molar-refractivity contribution in [2.24, 2.45) is 0 Å². The molecule has 0 aromatic rings. The van der Waals surface area contributed by atoms with Crippen LogP contribution < -0.4 is 4.72 Å². The lowest BCUT2D eigenvalue weighted by Gasteiger charge is -2.19. The van der Waals surface area contributed by atoms with Crippen molar-refractivity contribution in [3.8, 4) is 0 Å². The Morgan fingerprint density at radius 2 is 0.922 bits per heavy atom. The van der Waals surface area contributed by atoms with Crippen LogP contribution >= 0.6 is 0 Å². The van der Waals surface area contributed by atoms with Crippen molar-refractivity contribution in [1.82, 2.24) is 9.62 Å². The molecule has 1 unspecified atom stereocenters. The van der Waals surface area contributed by atoms with E-state index in [1.807, 2.05) is 19.0 Å². The minimum absolute atomic E-state index is 0.121. The van der Waals surface area contributed by atoms with E-state index in [9.17, 15) is 8.42 Å². The van der Waals surface area contributed by atoms with Gasteiger partial charge in [0.25, 0.3) is 0 Å². The lowest BCUT2D eigenvalue weighted by atomic mass is 10.1. The van der Waals surface area contributed by atoms with E-state index in [0.29, 0.717) is 26.4 Å². The Bertz CT molecular complexity index is 849. The lowest BCUT2D eigenvalue weighted by Crippen LogP contribution is -2.38. The molecule has 51 heavy (non-hydrogen) atoms. The van der Waals surface area contributed by atoms with E-state index < -0.39 is 10.3 Å². The Labute approximate surface area is 318 Å². The van der Waals surface area contributed by atoms with Crippen molar-refractivity contribution >= 4 is 10.3 Å². The van der Waals surface area contributed by atoms with Crippen molar-refractivity contribution in [3.05, 3.63) is 24.3 Å². The molecule has 0 aliphatic rings. The number of nitrogens with one attached hydrogen (secondary N) is 1. The number of nitrogens with zero attached hydrogens (tertiary/aromatic N) is 1. The summed E-state index contributed by atoms with van der Waals surface area (Å²) in [5, 5.41) is 0. The molecule has 0 radical (unpaired) electrons. The Hall–Kier alpha value is -0.770. The van der Waals surface area contributed by atoms with Crippen LogP contribution in [0.5, 0.6) is 0 Å². The van der Waals surface area contributed by atoms with Gasteiger partial charge in [0.1, 0.15) is 0 Å². The summed E-state index contributed by atoms with van der Waals surface area (Å²) in [6.07, 6.45) is 45.0. The molecule has 8 heteroatoms. The molecule has 0 aliphatic carbocycles. The SMILES string of the molecule is CCCCCCCC/C=C\CCCCCCCCOCC(CNS(=O)(=O)OCCN(C)C)OCCCCCCCC/C=C\CCCCCCCC. The van der Waals surface area contributed by atoms with E-state index in [2.05, 4.69) is 42.9 Å². The Kier molecular flexibility index (Phi) is 39.8. The summed E-state index contributed by atoms with van der Waals surface area (Å²) in [5.74, 6) is 0. The molecule has 1 atom stereocenters. The molecule has 0 saturated heterocycles. The monoisotopic (exact) mass is 743 g/mol. The quantitative estimate of drug-likeness (QED) is 0.0496. The van der Waals surface area contributed by atoms with E-state index in [-0.39, 0.29) is 19.3 Å². The highest BCUT2D eigenvalue weighted by Crippen LogP contribution is 2.12. The second kappa shape index (κ2) is 40.4. The first-order valence-electron chi connectivity index (χ1n) is 21.7. The van der Waals surface area contributed by atoms with Crippen LogP contribution in [0.3, 0.4) is 0 Å². The molecule has 0 aliphatic heterocycles. The number of ether oxygens (including phenoxy) is 2. The van der Waals surface area contributed by atoms with Gasteiger partial charge in [-0.3, -0.25) is 4.18 Å². The molecular weight excluding hydrogens is 657 g/mol. The molecular formula is C43H86N2O5S. The van der Waals surface area contributed by atoms with Gasteiger partial charge in [-0.25, -0.2) is 0 Å². The van der Waals surface area contributed by atoms with Crippen molar-refractivity contribution in [1.29, 1.82) is 0 Å². The standard InChI is InChI=1S/C43H86N2O5S/c1-5-7-9-11-13-15-17-19-21-23-25-27-29-31-33-35-38-48-42-43(41-44-51(46,47)50-40-37-45(3)4)49-39-36-34-32-30-28-26-24-22-20-18-16-14-12-10-8-6-2/h19-22,43-44H,5-18,23-42H2,1-4H3/b21-19-,22-20-. The van der Waals surface area contributed by atoms with Crippen molar-refractivity contribution in [2.45, 2.75) is 200 Å². The zero-order valence-corrected chi connectivity index (χ0v) is 35.1. The average Bonchev–Trinajstić information content (AvgIpc) is 3.10. The number of hydrogen-bond donors (Lipinski definition) is 1. The van der Waals surface area contributed by atoms with Crippen molar-refractivity contribution in [3.63, 3.8) is 0 Å². The predicted octanol–water partition coefficient (Wildman–Crippen LogP) is 11.9. The Morgan fingerprint density at radius 1 is 0.529 bits per heavy atom. The van der Waals surface area contributed by atoms with Gasteiger partial charge in [-0.05, 0) is 78.3 Å². The highest BCUT2D eigenvalue weighted by atomic mass is 32.2. The summed E-state index contributed by atoms with van der Waals surface area (Å²) in [6, 6.07) is 0. The van der Waals surface area contributed by atoms with E-state index in [4.69, 9.17) is 13.7 Å². The highest BCUT2D eigenvalue weighted by Gasteiger charge is 2.16. The number of unbranched alkanes of at least 4 members (excludes halogenated alkanes) is 24. The minimum Gasteiger partial charge on any atom is -0.379 e. The maximum Gasteiger partial charge on any atom is 0.335 e. The fraction of sp³-hybridized carbons (Fsp3) is 0.907. The molecule has 0 spiro atoms. The summed E-state index contributed by atoms with van der Waals surface area (Å²) < 4.78 is 44.4. The first-order valence-corrected chi connectivity index (χ1v) is 23.1. The summed E-state index contributed by atoms with van der Waals surface area (Å²) in [6.45, 7) is 7.05. The third-order valence-corrected chi connectivity index (χ3v) is 10.4. The second-order valence-electron chi connectivity index (χ2n) is 14.9. The van der Waals surface area contributed by atoms with Crippen LogP contribution in [-0.4, -0.2) is 73.0 Å². The normalized spacial score (nSPS) is 13.0. The highest BCUT2D eigenvalue weighted by molar-refractivity contribution is 7.84. The van der Waals surface area contributed by atoms with Crippen LogP contribution in [0.2, 0.25) is 0 Å². The molecule has 0 saturated carbocycles. The first-order chi connectivity index (χ1) is 24.9. The van der Waals surface area contributed by atoms with Crippen molar-refractivity contribution in [2.75, 3.05) is 53.6 Å². The molecule has 0 heterocycles. The molecule has 0 bridgehead atoms. The molecule has 1 N–H and O–H groups in total. The third kappa shape index (κ3) is 41.8. The van der Waals surface area contributed by atoms with Gasteiger partial charge < -0.3 is 14.4 Å². The molecule has 0 aromatic heterocycles. The Morgan fingerprint density at radius 3 is 1.35 bits per heavy atom. The smallest absolute Gasteiger partial charge is 0.335 e. The summed E-state index contributed by atoms with van der Waals surface area (Å²) >= 11 is 0. The van der Waals surface area contributed by atoms with E-state index >= 15 is 0 Å². The molecule has 304 valence electrons. The molecule has 0 fully saturated rings. The zero-order chi connectivity index (χ0) is 37.4. The number of hydrogen-bond acceptors (Lipinski definition) is 6. The maximum absolute atomic E-state index is 12.3. The minimum atomic E-state index is -3.82. The molecule has 0 rings (SSSR count). The van der Waals surface area contributed by atoms with Gasteiger partial charge in [0, 0.05) is 26.3 Å². The maximum atomic E-state index is 12.3. The number of likely N-dealkylation sites (N-methyl/N-ethyl adjacent to an activating group) is 1. The lowest BCUT2D eigenvalue weighted by molar-refractivity contribution is -0.0155. The van der Waals surface area contributed by atoms with Crippen LogP contribution in [-0.2, 0) is 24.0 Å². The van der Waals surface area contributed by atoms with Gasteiger partial charge in [-0.15, -0.1) is 0 Å². The fourth-order valence-electron chi connectivity index (χ4n) is 6.00. The first kappa shape index (κ1) is 50.2. The topological polar surface area (TPSA) is 77.1 Å². The molecule has 0 aromatic carbocycles. The van der Waals surface area contributed by atoms with E-state index in [0.717, 1.165) is 19.3 Å². The second-order valence-corrected chi connectivity index (χ2v) is 16.3. The van der Waals surface area contributed by atoms with Crippen LogP contribution in [0.1, 0.15) is 194 Å². The number of rotatable bonds is 42. The van der Waals surface area contributed by atoms with Crippen molar-refractivity contribution < 1.29 is 22.1 Å². The average molecular weight is 743 g/mol. The van der Waals surface area contributed by atoms with Crippen LogP contribution in [0.25, 0.3) is 0 Å². The predicted molar refractivity (Wildman–Crippen MR) is 221 cm³/mol. The van der Waals surface area contributed by atoms with Gasteiger partial charge in [0.05, 0.1) is 19.3 Å². The van der Waals surface area contributed by atoms with Gasteiger partial charge in [0.2, 0.25) is 0 Å². The summed E-state index contributed by atoms with van der Waals surface area (Å²) in [7, 11) is -0.0451. The summed E-state index contributed by atoms with van der Waals surface area (Å²) in [4.78, 5) is 1.89. The summed E-state index contributed by atoms with van der Waals surface area (Å²) in [5.41, 5.74) is 0. The van der Waals surface area contributed by atoms with Gasteiger partial charge in [-0.2, -0.15) is 13.1 Å². The molecule has 7 nitrogen and oxygen atoms in total. The van der Waals surface area contributed by atoms with E-state index in [1.165, 1.54) is 161 Å². The largest absolute Gasteiger partial charge is 0.379 e. The third-order valence-electron chi connectivity index (χ3n) is 9.38. The van der Waals surface area contributed by atoms with Crippen LogP contribution in [0.15, 0.2) is 24.3 Å². The molecule has 0 amide bonds. The van der Waals surface area contributed by atoms with Gasteiger partial charge in [-0.1, -0.05) is 154 Å². The Balaban J connectivity index is 4.05. The van der Waals surface area contributed by atoms with Crippen LogP contribution in [0, 0.1) is 0 Å². The van der Waals surface area contributed by atoms with Gasteiger partial charge in [0.15, 0.2) is 0 Å².